The lowest BCUT2D eigenvalue weighted by Crippen LogP contribution is -2.50. The topological polar surface area (TPSA) is 46.5 Å². The van der Waals surface area contributed by atoms with Gasteiger partial charge in [-0.05, 0) is 55.6 Å². The fraction of sp³-hybridized carbons (Fsp3) is 0.607. The number of carbonyl (C=O) groups is 2. The van der Waals surface area contributed by atoms with Crippen molar-refractivity contribution in [2.45, 2.75) is 77.8 Å². The lowest BCUT2D eigenvalue weighted by atomic mass is 9.54. The zero-order valence-electron chi connectivity index (χ0n) is 19.9. The van der Waals surface area contributed by atoms with E-state index in [1.54, 1.807) is 0 Å². The predicted molar refractivity (Wildman–Crippen MR) is 125 cm³/mol. The van der Waals surface area contributed by atoms with Gasteiger partial charge in [-0.25, -0.2) is 0 Å². The van der Waals surface area contributed by atoms with E-state index in [0.717, 1.165) is 74.9 Å². The Bertz CT molecular complexity index is 1050. The summed E-state index contributed by atoms with van der Waals surface area (Å²) in [6.07, 6.45) is 4.32. The Labute approximate surface area is 198 Å². The highest BCUT2D eigenvalue weighted by atomic mass is 19.4. The number of hydrogen-bond donors (Lipinski definition) is 0. The molecule has 3 fully saturated rings. The molecule has 0 bridgehead atoms. The van der Waals surface area contributed by atoms with E-state index in [9.17, 15) is 22.8 Å². The molecule has 5 rings (SSSR count). The standard InChI is InChI=1S/C28H32F3NO2/c1-16(2)22-23-20(14-27(12-5-13-27)15-21(23)33)32-25(17-6-3-4-7-17)24(22)26(34)18-8-10-19(11-9-18)28(29,30)31/h8-11,16-17,22-23H,3-7,12-15H2,1-2H3. The van der Waals surface area contributed by atoms with Crippen LogP contribution >= 0.6 is 0 Å². The molecule has 3 nitrogen and oxygen atoms in total. The zero-order valence-corrected chi connectivity index (χ0v) is 19.9. The fourth-order valence-corrected chi connectivity index (χ4v) is 6.78. The molecule has 4 aliphatic rings. The number of hydrogen-bond acceptors (Lipinski definition) is 3. The lowest BCUT2D eigenvalue weighted by Gasteiger charge is -2.50. The molecule has 1 aromatic rings. The number of alkyl halides is 3. The second kappa shape index (κ2) is 8.46. The summed E-state index contributed by atoms with van der Waals surface area (Å²) in [7, 11) is 0. The van der Waals surface area contributed by atoms with Crippen molar-refractivity contribution in [2.24, 2.45) is 34.1 Å². The third-order valence-electron chi connectivity index (χ3n) is 8.64. The summed E-state index contributed by atoms with van der Waals surface area (Å²) in [5, 5.41) is 0. The highest BCUT2D eigenvalue weighted by Gasteiger charge is 2.53. The van der Waals surface area contributed by atoms with E-state index in [1.807, 2.05) is 13.8 Å². The first-order valence-electron chi connectivity index (χ1n) is 12.7. The van der Waals surface area contributed by atoms with Gasteiger partial charge in [0.15, 0.2) is 5.78 Å². The van der Waals surface area contributed by atoms with Crippen molar-refractivity contribution in [1.29, 1.82) is 0 Å². The minimum absolute atomic E-state index is 0.0414. The van der Waals surface area contributed by atoms with Crippen molar-refractivity contribution >= 4 is 17.3 Å². The Morgan fingerprint density at radius 3 is 2.21 bits per heavy atom. The van der Waals surface area contributed by atoms with Crippen LogP contribution in [0.4, 0.5) is 13.2 Å². The molecule has 0 amide bonds. The Morgan fingerprint density at radius 1 is 1.03 bits per heavy atom. The van der Waals surface area contributed by atoms with E-state index in [0.29, 0.717) is 12.0 Å². The zero-order chi connectivity index (χ0) is 24.3. The molecule has 2 unspecified atom stereocenters. The maximum absolute atomic E-state index is 13.9. The molecular formula is C28H32F3NO2. The van der Waals surface area contributed by atoms with Crippen molar-refractivity contribution in [3.63, 3.8) is 0 Å². The summed E-state index contributed by atoms with van der Waals surface area (Å²) in [5.74, 6) is -0.523. The third kappa shape index (κ3) is 3.97. The first-order valence-corrected chi connectivity index (χ1v) is 12.7. The molecule has 0 radical (unpaired) electrons. The number of nitrogens with zero attached hydrogens (tertiary/aromatic N) is 1. The molecule has 1 aromatic carbocycles. The summed E-state index contributed by atoms with van der Waals surface area (Å²) >= 11 is 0. The van der Waals surface area contributed by atoms with Crippen molar-refractivity contribution in [3.05, 3.63) is 46.7 Å². The van der Waals surface area contributed by atoms with Gasteiger partial charge in [-0.1, -0.05) is 45.2 Å². The van der Waals surface area contributed by atoms with Gasteiger partial charge in [0, 0.05) is 35.1 Å². The number of allylic oxidation sites excluding steroid dienone is 2. The van der Waals surface area contributed by atoms with Gasteiger partial charge in [0.1, 0.15) is 5.78 Å². The Morgan fingerprint density at radius 2 is 1.68 bits per heavy atom. The molecule has 1 aliphatic heterocycles. The molecule has 0 N–H and O–H groups in total. The summed E-state index contributed by atoms with van der Waals surface area (Å²) in [5.41, 5.74) is 1.88. The van der Waals surface area contributed by atoms with Crippen LogP contribution in [0.2, 0.25) is 0 Å². The van der Waals surface area contributed by atoms with Gasteiger partial charge in [0.05, 0.1) is 17.2 Å². The number of Topliss-reactive ketones (excluding diaryl/α,β-unsaturated/α-hetero) is 2. The highest BCUT2D eigenvalue weighted by molar-refractivity contribution is 6.15. The Balaban J connectivity index is 1.62. The predicted octanol–water partition coefficient (Wildman–Crippen LogP) is 7.21. The van der Waals surface area contributed by atoms with Crippen LogP contribution in [-0.2, 0) is 11.0 Å². The van der Waals surface area contributed by atoms with Crippen LogP contribution in [0.1, 0.15) is 87.6 Å². The number of ketones is 2. The second-order valence-electron chi connectivity index (χ2n) is 11.2. The number of fused-ring (bicyclic) bond motifs is 1. The van der Waals surface area contributed by atoms with Gasteiger partial charge in [0.25, 0.3) is 0 Å². The molecule has 3 saturated carbocycles. The molecule has 0 aromatic heterocycles. The average Bonchev–Trinajstić information content (AvgIpc) is 3.30. The van der Waals surface area contributed by atoms with Crippen LogP contribution in [0.25, 0.3) is 0 Å². The molecule has 6 heteroatoms. The van der Waals surface area contributed by atoms with E-state index in [4.69, 9.17) is 4.99 Å². The lowest BCUT2D eigenvalue weighted by molar-refractivity contribution is -0.137. The second-order valence-corrected chi connectivity index (χ2v) is 11.2. The van der Waals surface area contributed by atoms with Gasteiger partial charge < -0.3 is 0 Å². The van der Waals surface area contributed by atoms with Crippen LogP contribution in [0, 0.1) is 29.1 Å². The summed E-state index contributed by atoms with van der Waals surface area (Å²) in [6, 6.07) is 4.48. The minimum Gasteiger partial charge on any atom is -0.299 e. The molecular weight excluding hydrogens is 439 g/mol. The fourth-order valence-electron chi connectivity index (χ4n) is 6.78. The first kappa shape index (κ1) is 23.5. The van der Waals surface area contributed by atoms with E-state index in [-0.39, 0.29) is 46.2 Å². The van der Waals surface area contributed by atoms with Crippen LogP contribution in [0.3, 0.4) is 0 Å². The van der Waals surface area contributed by atoms with E-state index in [2.05, 4.69) is 0 Å². The molecule has 1 spiro atoms. The summed E-state index contributed by atoms with van der Waals surface area (Å²) in [6.45, 7) is 4.09. The van der Waals surface area contributed by atoms with Crippen LogP contribution in [0.15, 0.2) is 40.5 Å². The van der Waals surface area contributed by atoms with Crippen molar-refractivity contribution in [2.75, 3.05) is 0 Å². The van der Waals surface area contributed by atoms with Gasteiger partial charge in [-0.2, -0.15) is 13.2 Å². The van der Waals surface area contributed by atoms with Crippen molar-refractivity contribution in [1.82, 2.24) is 0 Å². The molecule has 2 atom stereocenters. The maximum Gasteiger partial charge on any atom is 0.416 e. The average molecular weight is 472 g/mol. The van der Waals surface area contributed by atoms with E-state index in [1.165, 1.54) is 12.1 Å². The van der Waals surface area contributed by atoms with E-state index >= 15 is 0 Å². The minimum atomic E-state index is -4.45. The van der Waals surface area contributed by atoms with Gasteiger partial charge >= 0.3 is 6.18 Å². The van der Waals surface area contributed by atoms with Gasteiger partial charge in [-0.15, -0.1) is 0 Å². The first-order chi connectivity index (χ1) is 16.1. The highest BCUT2D eigenvalue weighted by Crippen LogP contribution is 2.55. The third-order valence-corrected chi connectivity index (χ3v) is 8.64. The van der Waals surface area contributed by atoms with Gasteiger partial charge in [-0.3, -0.25) is 14.6 Å². The molecule has 1 heterocycles. The summed E-state index contributed by atoms with van der Waals surface area (Å²) < 4.78 is 39.3. The molecule has 3 aliphatic carbocycles. The van der Waals surface area contributed by atoms with Gasteiger partial charge in [0.2, 0.25) is 0 Å². The normalized spacial score (nSPS) is 27.1. The van der Waals surface area contributed by atoms with Crippen molar-refractivity contribution in [3.8, 4) is 0 Å². The summed E-state index contributed by atoms with van der Waals surface area (Å²) in [4.78, 5) is 32.5. The smallest absolute Gasteiger partial charge is 0.299 e. The van der Waals surface area contributed by atoms with Crippen LogP contribution in [-0.4, -0.2) is 17.3 Å². The molecule has 34 heavy (non-hydrogen) atoms. The Kier molecular flexibility index (Phi) is 5.84. The molecule has 182 valence electrons. The largest absolute Gasteiger partial charge is 0.416 e. The number of rotatable bonds is 4. The Hall–Kier alpha value is -2.24. The van der Waals surface area contributed by atoms with Crippen molar-refractivity contribution < 1.29 is 22.8 Å². The maximum atomic E-state index is 13.9. The number of benzene rings is 1. The number of aliphatic imine (C=N–C) groups is 1. The van der Waals surface area contributed by atoms with E-state index < -0.39 is 11.7 Å². The monoisotopic (exact) mass is 471 g/mol. The SMILES string of the molecule is CC(C)C1C(C(=O)c2ccc(C(F)(F)F)cc2)=C(C2CCCC2)N=C2CC3(CCC3)CC(=O)C21. The quantitative estimate of drug-likeness (QED) is 0.436. The van der Waals surface area contributed by atoms with Crippen LogP contribution in [0.5, 0.6) is 0 Å². The molecule has 0 saturated heterocycles. The van der Waals surface area contributed by atoms with Crippen LogP contribution < -0.4 is 0 Å². The number of carbonyl (C=O) groups excluding carboxylic acids is 2. The number of halogens is 3.